The highest BCUT2D eigenvalue weighted by Gasteiger charge is 2.00. The molecule has 12 heavy (non-hydrogen) atoms. The highest BCUT2D eigenvalue weighted by Crippen LogP contribution is 2.19. The second-order valence-electron chi connectivity index (χ2n) is 2.97. The van der Waals surface area contributed by atoms with Crippen molar-refractivity contribution in [3.05, 3.63) is 31.8 Å². The molecule has 0 atom stereocenters. The fourth-order valence-electron chi connectivity index (χ4n) is 1.01. The Balaban J connectivity index is 2.90. The summed E-state index contributed by atoms with van der Waals surface area (Å²) in [5.41, 5.74) is 1.37. The highest BCUT2D eigenvalue weighted by atomic mass is 127. The standard InChI is InChI=1S/C9H11BrIN/c1-12(2)6-7-5-8(10)3-4-9(7)11/h3-5H,6H2,1-2H3. The van der Waals surface area contributed by atoms with E-state index in [2.05, 4.69) is 75.7 Å². The maximum Gasteiger partial charge on any atom is 0.0238 e. The molecule has 0 radical (unpaired) electrons. The van der Waals surface area contributed by atoms with Crippen molar-refractivity contribution < 1.29 is 0 Å². The summed E-state index contributed by atoms with van der Waals surface area (Å²) in [5, 5.41) is 0. The third kappa shape index (κ3) is 3.03. The molecule has 1 aromatic carbocycles. The monoisotopic (exact) mass is 339 g/mol. The van der Waals surface area contributed by atoms with Crippen LogP contribution in [0.1, 0.15) is 5.56 Å². The first-order chi connectivity index (χ1) is 5.59. The SMILES string of the molecule is CN(C)Cc1cc(Br)ccc1I. The van der Waals surface area contributed by atoms with Crippen molar-refractivity contribution in [1.82, 2.24) is 4.90 Å². The Hall–Kier alpha value is 0.390. The van der Waals surface area contributed by atoms with Gasteiger partial charge in [0.05, 0.1) is 0 Å². The van der Waals surface area contributed by atoms with Crippen LogP contribution in [0.4, 0.5) is 0 Å². The van der Waals surface area contributed by atoms with E-state index in [-0.39, 0.29) is 0 Å². The van der Waals surface area contributed by atoms with Gasteiger partial charge in [0.25, 0.3) is 0 Å². The number of rotatable bonds is 2. The fraction of sp³-hybridized carbons (Fsp3) is 0.333. The van der Waals surface area contributed by atoms with Crippen LogP contribution in [0.2, 0.25) is 0 Å². The number of halogens is 2. The van der Waals surface area contributed by atoms with Gasteiger partial charge in [-0.1, -0.05) is 15.9 Å². The van der Waals surface area contributed by atoms with Gasteiger partial charge in [0.2, 0.25) is 0 Å². The van der Waals surface area contributed by atoms with E-state index in [4.69, 9.17) is 0 Å². The van der Waals surface area contributed by atoms with Gasteiger partial charge in [0, 0.05) is 14.6 Å². The molecule has 0 amide bonds. The van der Waals surface area contributed by atoms with E-state index >= 15 is 0 Å². The second-order valence-corrected chi connectivity index (χ2v) is 5.05. The lowest BCUT2D eigenvalue weighted by Crippen LogP contribution is -2.11. The van der Waals surface area contributed by atoms with Gasteiger partial charge in [-0.05, 0) is 60.4 Å². The lowest BCUT2D eigenvalue weighted by Gasteiger charge is -2.11. The molecule has 1 aromatic rings. The van der Waals surface area contributed by atoms with Crippen LogP contribution in [0.3, 0.4) is 0 Å². The van der Waals surface area contributed by atoms with Gasteiger partial charge >= 0.3 is 0 Å². The zero-order valence-electron chi connectivity index (χ0n) is 7.14. The lowest BCUT2D eigenvalue weighted by atomic mass is 10.2. The van der Waals surface area contributed by atoms with Crippen molar-refractivity contribution in [3.63, 3.8) is 0 Å². The average molecular weight is 340 g/mol. The molecule has 66 valence electrons. The predicted molar refractivity (Wildman–Crippen MR) is 64.3 cm³/mol. The Labute approximate surface area is 95.4 Å². The second kappa shape index (κ2) is 4.58. The van der Waals surface area contributed by atoms with Gasteiger partial charge in [-0.25, -0.2) is 0 Å². The molecule has 0 bridgehead atoms. The number of benzene rings is 1. The van der Waals surface area contributed by atoms with Gasteiger partial charge in [0.1, 0.15) is 0 Å². The predicted octanol–water partition coefficient (Wildman–Crippen LogP) is 3.12. The first-order valence-corrected chi connectivity index (χ1v) is 5.55. The zero-order valence-corrected chi connectivity index (χ0v) is 10.9. The van der Waals surface area contributed by atoms with Crippen LogP contribution >= 0.6 is 38.5 Å². The van der Waals surface area contributed by atoms with Crippen LogP contribution in [0.5, 0.6) is 0 Å². The first kappa shape index (κ1) is 10.5. The summed E-state index contributed by atoms with van der Waals surface area (Å²) >= 11 is 5.83. The molecule has 0 heterocycles. The lowest BCUT2D eigenvalue weighted by molar-refractivity contribution is 0.401. The Kier molecular flexibility index (Phi) is 3.99. The molecule has 0 aliphatic carbocycles. The van der Waals surface area contributed by atoms with Gasteiger partial charge in [-0.3, -0.25) is 0 Å². The minimum atomic E-state index is 0.998. The number of hydrogen-bond acceptors (Lipinski definition) is 1. The maximum atomic E-state index is 3.46. The normalized spacial score (nSPS) is 10.8. The third-order valence-corrected chi connectivity index (χ3v) is 3.04. The first-order valence-electron chi connectivity index (χ1n) is 3.68. The van der Waals surface area contributed by atoms with Crippen molar-refractivity contribution >= 4 is 38.5 Å². The Morgan fingerprint density at radius 1 is 1.42 bits per heavy atom. The molecular formula is C9H11BrIN. The molecule has 0 spiro atoms. The third-order valence-electron chi connectivity index (χ3n) is 1.49. The van der Waals surface area contributed by atoms with E-state index in [0.717, 1.165) is 11.0 Å². The molecule has 0 aliphatic heterocycles. The summed E-state index contributed by atoms with van der Waals surface area (Å²) in [6.07, 6.45) is 0. The molecule has 1 nitrogen and oxygen atoms in total. The maximum absolute atomic E-state index is 3.46. The quantitative estimate of drug-likeness (QED) is 0.748. The molecule has 0 aromatic heterocycles. The molecule has 0 N–H and O–H groups in total. The molecular weight excluding hydrogens is 329 g/mol. The molecule has 0 aliphatic rings. The van der Waals surface area contributed by atoms with Gasteiger partial charge in [0.15, 0.2) is 0 Å². The minimum Gasteiger partial charge on any atom is -0.305 e. The van der Waals surface area contributed by atoms with Crippen LogP contribution in [0, 0.1) is 3.57 Å². The van der Waals surface area contributed by atoms with E-state index in [0.29, 0.717) is 0 Å². The van der Waals surface area contributed by atoms with Crippen LogP contribution in [0.25, 0.3) is 0 Å². The Morgan fingerprint density at radius 2 is 2.08 bits per heavy atom. The number of hydrogen-bond donors (Lipinski definition) is 0. The Bertz CT molecular complexity index is 273. The highest BCUT2D eigenvalue weighted by molar-refractivity contribution is 14.1. The van der Waals surface area contributed by atoms with Crippen molar-refractivity contribution in [2.45, 2.75) is 6.54 Å². The van der Waals surface area contributed by atoms with Gasteiger partial charge in [-0.2, -0.15) is 0 Å². The summed E-state index contributed by atoms with van der Waals surface area (Å²) in [6, 6.07) is 6.37. The van der Waals surface area contributed by atoms with Crippen molar-refractivity contribution in [2.24, 2.45) is 0 Å². The minimum absolute atomic E-state index is 0.998. The van der Waals surface area contributed by atoms with Gasteiger partial charge < -0.3 is 4.90 Å². The number of nitrogens with zero attached hydrogens (tertiary/aromatic N) is 1. The van der Waals surface area contributed by atoms with Crippen LogP contribution < -0.4 is 0 Å². The molecule has 0 saturated heterocycles. The van der Waals surface area contributed by atoms with E-state index in [1.165, 1.54) is 9.13 Å². The average Bonchev–Trinajstić information content (AvgIpc) is 1.96. The van der Waals surface area contributed by atoms with Crippen LogP contribution in [-0.2, 0) is 6.54 Å². The van der Waals surface area contributed by atoms with E-state index in [1.54, 1.807) is 0 Å². The molecule has 0 saturated carbocycles. The van der Waals surface area contributed by atoms with E-state index in [9.17, 15) is 0 Å². The van der Waals surface area contributed by atoms with Crippen molar-refractivity contribution in [3.8, 4) is 0 Å². The van der Waals surface area contributed by atoms with Gasteiger partial charge in [-0.15, -0.1) is 0 Å². The largest absolute Gasteiger partial charge is 0.305 e. The smallest absolute Gasteiger partial charge is 0.0238 e. The molecule has 0 unspecified atom stereocenters. The zero-order chi connectivity index (χ0) is 9.14. The molecule has 1 rings (SSSR count). The summed E-state index contributed by atoms with van der Waals surface area (Å²) in [5.74, 6) is 0. The summed E-state index contributed by atoms with van der Waals surface area (Å²) in [4.78, 5) is 2.17. The Morgan fingerprint density at radius 3 is 2.67 bits per heavy atom. The summed E-state index contributed by atoms with van der Waals surface area (Å²) in [7, 11) is 4.16. The summed E-state index contributed by atoms with van der Waals surface area (Å²) in [6.45, 7) is 0.998. The summed E-state index contributed by atoms with van der Waals surface area (Å²) < 4.78 is 2.48. The molecule has 3 heteroatoms. The van der Waals surface area contributed by atoms with Crippen LogP contribution in [-0.4, -0.2) is 19.0 Å². The topological polar surface area (TPSA) is 3.24 Å². The van der Waals surface area contributed by atoms with Crippen molar-refractivity contribution in [1.29, 1.82) is 0 Å². The van der Waals surface area contributed by atoms with Crippen LogP contribution in [0.15, 0.2) is 22.7 Å². The van der Waals surface area contributed by atoms with Crippen molar-refractivity contribution in [2.75, 3.05) is 14.1 Å². The van der Waals surface area contributed by atoms with E-state index < -0.39 is 0 Å². The molecule has 0 fully saturated rings. The van der Waals surface area contributed by atoms with E-state index in [1.807, 2.05) is 0 Å². The fourth-order valence-corrected chi connectivity index (χ4v) is 1.92.